The molecule has 0 aliphatic rings. The molecule has 19 nitrogen and oxygen atoms in total. The molecule has 0 bridgehead atoms. The van der Waals surface area contributed by atoms with Gasteiger partial charge in [0.1, 0.15) is 0 Å². The summed E-state index contributed by atoms with van der Waals surface area (Å²) in [6.07, 6.45) is 5.11. The lowest BCUT2D eigenvalue weighted by Gasteiger charge is -2.43. The standard InChI is InChI=1S/2C20H48O7Si4.2CO2.12CH4.H2O/c2*1-19(20(21)22)13-11-17-30(9,25-28(3,4)5)27-31(10,26-29(6,7)8)18-12-14-24-16-15-23-2;2*2-1-3;;;;;;;;;;;;;/h2*19H,11-18H2,1-10H3,(H,21,22);;;12*1H4;1H2. The van der Waals surface area contributed by atoms with Crippen molar-refractivity contribution in [1.82, 2.24) is 0 Å². The van der Waals surface area contributed by atoms with E-state index in [1.807, 2.05) is 0 Å². The van der Waals surface area contributed by atoms with Crippen LogP contribution in [-0.4, -0.2) is 161 Å². The van der Waals surface area contributed by atoms with Crippen LogP contribution < -0.4 is 0 Å². The normalized spacial score (nSPS) is 13.8. The van der Waals surface area contributed by atoms with Gasteiger partial charge in [-0.1, -0.05) is 116 Å². The molecule has 0 heterocycles. The fourth-order valence-electron chi connectivity index (χ4n) is 7.18. The summed E-state index contributed by atoms with van der Waals surface area (Å²) in [7, 11) is -14.0. The Morgan fingerprint density at radius 1 is 0.358 bits per heavy atom. The van der Waals surface area contributed by atoms with E-state index in [2.05, 4.69) is 105 Å². The summed E-state index contributed by atoms with van der Waals surface area (Å²) >= 11 is 0. The second-order valence-corrected chi connectivity index (χ2v) is 54.3. The number of aliphatic carboxylic acids is 2. The largest absolute Gasteiger partial charge is 0.481 e. The monoisotopic (exact) mass is 1320 g/mol. The maximum absolute atomic E-state index is 11.2. The lowest BCUT2D eigenvalue weighted by molar-refractivity contribution is -0.193. The van der Waals surface area contributed by atoms with Crippen LogP contribution in [0.15, 0.2) is 0 Å². The maximum Gasteiger partial charge on any atom is 0.373 e. The highest BCUT2D eigenvalue weighted by Gasteiger charge is 2.48. The summed E-state index contributed by atoms with van der Waals surface area (Å²) < 4.78 is 61.9. The summed E-state index contributed by atoms with van der Waals surface area (Å²) in [4.78, 5) is 54.9. The van der Waals surface area contributed by atoms with Gasteiger partial charge in [0.2, 0.25) is 0 Å². The van der Waals surface area contributed by atoms with Gasteiger partial charge in [0.05, 0.1) is 38.3 Å². The van der Waals surface area contributed by atoms with Gasteiger partial charge < -0.3 is 59.3 Å². The number of carboxylic acids is 2. The summed E-state index contributed by atoms with van der Waals surface area (Å²) in [6, 6.07) is 3.29. The minimum absolute atomic E-state index is 0. The van der Waals surface area contributed by atoms with E-state index in [1.54, 1.807) is 28.1 Å². The Labute approximate surface area is 513 Å². The Hall–Kier alpha value is -1.00. The van der Waals surface area contributed by atoms with E-state index in [0.717, 1.165) is 49.9 Å². The van der Waals surface area contributed by atoms with E-state index < -0.39 is 79.5 Å². The third kappa shape index (κ3) is 83.3. The van der Waals surface area contributed by atoms with Crippen LogP contribution in [0.1, 0.15) is 141 Å². The molecule has 0 saturated heterocycles. The fraction of sp³-hybridized carbons (Fsp3) is 0.926. The van der Waals surface area contributed by atoms with Crippen molar-refractivity contribution in [3.8, 4) is 0 Å². The lowest BCUT2D eigenvalue weighted by atomic mass is 10.1. The van der Waals surface area contributed by atoms with Crippen molar-refractivity contribution >= 4 is 91.8 Å². The van der Waals surface area contributed by atoms with Crippen molar-refractivity contribution in [1.29, 1.82) is 0 Å². The summed E-state index contributed by atoms with van der Waals surface area (Å²) in [6.45, 7) is 42.1. The highest BCUT2D eigenvalue weighted by atomic mass is 28.5. The zero-order valence-electron chi connectivity index (χ0n) is 46.4. The Kier molecular flexibility index (Phi) is 98.6. The van der Waals surface area contributed by atoms with Crippen LogP contribution in [0.3, 0.4) is 0 Å². The molecule has 0 aromatic carbocycles. The minimum atomic E-state index is -2.54. The molecule has 0 aromatic heterocycles. The highest BCUT2D eigenvalue weighted by molar-refractivity contribution is 6.91. The first-order valence-electron chi connectivity index (χ1n) is 23.6. The van der Waals surface area contributed by atoms with Gasteiger partial charge in [0.25, 0.3) is 0 Å². The van der Waals surface area contributed by atoms with Gasteiger partial charge in [-0.25, -0.2) is 0 Å². The first-order valence-corrected chi connectivity index (χ1v) is 47.4. The lowest BCUT2D eigenvalue weighted by Crippen LogP contribution is -2.58. The third-order valence-corrected chi connectivity index (χ3v) is 37.7. The molecule has 6 atom stereocenters. The maximum atomic E-state index is 11.2. The van der Waals surface area contributed by atoms with Gasteiger partial charge in [-0.05, 0) is 155 Å². The van der Waals surface area contributed by atoms with Gasteiger partial charge in [0, 0.05) is 27.4 Å². The summed E-state index contributed by atoms with van der Waals surface area (Å²) in [5.74, 6) is -2.19. The Bertz CT molecular complexity index is 1320. The number of carboxylic acid groups (broad SMARTS) is 2. The fourth-order valence-corrected chi connectivity index (χ4v) is 43.9. The van der Waals surface area contributed by atoms with Crippen molar-refractivity contribution in [2.45, 2.75) is 270 Å². The summed E-state index contributed by atoms with van der Waals surface area (Å²) in [5, 5.41) is 18.4. The number of rotatable bonds is 36. The molecule has 27 heteroatoms. The molecule has 508 valence electrons. The predicted molar refractivity (Wildman–Crippen MR) is 367 cm³/mol. The average Bonchev–Trinajstić information content (AvgIpc) is 3.11. The van der Waals surface area contributed by atoms with Crippen molar-refractivity contribution in [2.75, 3.05) is 53.9 Å². The van der Waals surface area contributed by atoms with E-state index in [0.29, 0.717) is 52.5 Å². The molecular formula is C54H146O19Si8. The Morgan fingerprint density at radius 2 is 0.543 bits per heavy atom. The first-order chi connectivity index (χ1) is 30.8. The Balaban J connectivity index is -0.0000000534. The van der Waals surface area contributed by atoms with Crippen LogP contribution >= 0.6 is 0 Å². The van der Waals surface area contributed by atoms with E-state index in [1.165, 1.54) is 0 Å². The van der Waals surface area contributed by atoms with Crippen LogP contribution in [-0.2, 0) is 72.4 Å². The summed E-state index contributed by atoms with van der Waals surface area (Å²) in [5.41, 5.74) is 0. The molecule has 0 saturated carbocycles. The zero-order valence-corrected chi connectivity index (χ0v) is 54.4. The zero-order chi connectivity index (χ0) is 54.1. The molecular weight excluding hydrogens is 1180 g/mol. The second-order valence-electron chi connectivity index (χ2n) is 21.4. The smallest absolute Gasteiger partial charge is 0.373 e. The van der Waals surface area contributed by atoms with Gasteiger partial charge in [-0.15, -0.1) is 0 Å². The third-order valence-electron chi connectivity index (χ3n) is 9.03. The molecule has 0 aliphatic heterocycles. The number of hydrogen-bond acceptors (Lipinski definition) is 16. The molecule has 0 fully saturated rings. The number of carbonyl (C=O) groups excluding carboxylic acids is 4. The average molecular weight is 1320 g/mol. The van der Waals surface area contributed by atoms with Crippen molar-refractivity contribution < 1.29 is 88.1 Å². The quantitative estimate of drug-likeness (QED) is 0.0436. The number of carbonyl (C=O) groups is 2. The Morgan fingerprint density at radius 3 is 0.704 bits per heavy atom. The molecule has 4 N–H and O–H groups in total. The topological polar surface area (TPSA) is 267 Å². The van der Waals surface area contributed by atoms with Crippen LogP contribution in [0, 0.1) is 11.8 Å². The van der Waals surface area contributed by atoms with Gasteiger partial charge in [0.15, 0.2) is 33.3 Å². The van der Waals surface area contributed by atoms with Gasteiger partial charge in [-0.3, -0.25) is 9.59 Å². The van der Waals surface area contributed by atoms with E-state index in [4.69, 9.17) is 62.8 Å². The molecule has 0 rings (SSSR count). The second kappa shape index (κ2) is 63.5. The van der Waals surface area contributed by atoms with E-state index in [9.17, 15) is 19.8 Å². The first kappa shape index (κ1) is 126. The number of ether oxygens (including phenoxy) is 4. The molecule has 0 spiro atoms. The van der Waals surface area contributed by atoms with E-state index >= 15 is 0 Å². The van der Waals surface area contributed by atoms with Gasteiger partial charge >= 0.3 is 58.5 Å². The van der Waals surface area contributed by atoms with Crippen molar-refractivity contribution in [2.24, 2.45) is 11.8 Å². The molecule has 0 aliphatic carbocycles. The van der Waals surface area contributed by atoms with Crippen molar-refractivity contribution in [3.63, 3.8) is 0 Å². The number of hydrogen-bond donors (Lipinski definition) is 2. The van der Waals surface area contributed by atoms with E-state index in [-0.39, 0.29) is 119 Å². The molecule has 81 heavy (non-hydrogen) atoms. The van der Waals surface area contributed by atoms with Crippen LogP contribution in [0.5, 0.6) is 0 Å². The minimum Gasteiger partial charge on any atom is -0.481 e. The highest BCUT2D eigenvalue weighted by Crippen LogP contribution is 2.33. The van der Waals surface area contributed by atoms with Gasteiger partial charge in [-0.2, -0.15) is 19.2 Å². The molecule has 0 radical (unpaired) electrons. The molecule has 6 unspecified atom stereocenters. The number of methoxy groups -OCH3 is 2. The molecule has 0 aromatic rings. The predicted octanol–water partition coefficient (Wildman–Crippen LogP) is 16.4. The SMILES string of the molecule is C.C.C.C.C.C.C.C.C.C.C.C.COCCOCCC[Si](C)(O[Si](C)(C)C)O[Si](C)(CCCC(C)C(=O)O)O[Si](C)(C)C.COCCOCCC[Si](C)(O[Si](C)(C)C)O[Si](C)(CCCC(C)C(=O)O)O[Si](C)(C)C.O.O=C=O.O=C=O. The van der Waals surface area contributed by atoms with Crippen LogP contribution in [0.25, 0.3) is 0 Å². The van der Waals surface area contributed by atoms with Crippen molar-refractivity contribution in [3.05, 3.63) is 0 Å². The van der Waals surface area contributed by atoms with Crippen LogP contribution in [0.4, 0.5) is 0 Å². The molecule has 0 amide bonds. The van der Waals surface area contributed by atoms with Crippen LogP contribution in [0.2, 0.25) is 129 Å².